The summed E-state index contributed by atoms with van der Waals surface area (Å²) in [6.45, 7) is 4.24. The Labute approximate surface area is 108 Å². The molecule has 0 aromatic heterocycles. The molecule has 1 aliphatic rings. The number of rotatable bonds is 4. The van der Waals surface area contributed by atoms with Gasteiger partial charge >= 0.3 is 0 Å². The van der Waals surface area contributed by atoms with Crippen molar-refractivity contribution in [3.8, 4) is 0 Å². The van der Waals surface area contributed by atoms with Gasteiger partial charge in [-0.25, -0.2) is 0 Å². The van der Waals surface area contributed by atoms with E-state index >= 15 is 0 Å². The summed E-state index contributed by atoms with van der Waals surface area (Å²) in [5.74, 6) is 0.675. The molecule has 4 heteroatoms. The topological polar surface area (TPSA) is 73.3 Å². The zero-order chi connectivity index (χ0) is 13.1. The molecule has 0 saturated carbocycles. The fourth-order valence-corrected chi connectivity index (χ4v) is 2.75. The van der Waals surface area contributed by atoms with Gasteiger partial charge in [0.2, 0.25) is 0 Å². The van der Waals surface area contributed by atoms with Crippen molar-refractivity contribution in [1.29, 1.82) is 5.41 Å². The molecular weight excluding hydrogens is 226 g/mol. The Hall–Kier alpha value is -1.55. The number of hydrogen-bond donors (Lipinski definition) is 3. The summed E-state index contributed by atoms with van der Waals surface area (Å²) in [6, 6.07) is 5.90. The average molecular weight is 247 g/mol. The normalized spacial score (nSPS) is 19.2. The molecule has 0 bridgehead atoms. The molecule has 98 valence electrons. The number of anilines is 1. The number of amidine groups is 1. The van der Waals surface area contributed by atoms with E-state index in [0.717, 1.165) is 42.7 Å². The third kappa shape index (κ3) is 2.48. The number of para-hydroxylation sites is 1. The smallest absolute Gasteiger partial charge is 0.124 e. The van der Waals surface area contributed by atoms with Gasteiger partial charge in [-0.2, -0.15) is 0 Å². The van der Waals surface area contributed by atoms with Crippen molar-refractivity contribution in [2.75, 3.05) is 24.6 Å². The van der Waals surface area contributed by atoms with Gasteiger partial charge in [0.25, 0.3) is 0 Å². The van der Waals surface area contributed by atoms with Gasteiger partial charge < -0.3 is 15.7 Å². The van der Waals surface area contributed by atoms with Crippen LogP contribution in [0.3, 0.4) is 0 Å². The van der Waals surface area contributed by atoms with Crippen LogP contribution in [0.15, 0.2) is 18.2 Å². The van der Waals surface area contributed by atoms with Crippen LogP contribution in [0.5, 0.6) is 0 Å². The summed E-state index contributed by atoms with van der Waals surface area (Å²) < 4.78 is 0. The van der Waals surface area contributed by atoms with E-state index in [0.29, 0.717) is 5.92 Å². The van der Waals surface area contributed by atoms with Crippen molar-refractivity contribution in [3.63, 3.8) is 0 Å². The number of nitrogens with zero attached hydrogens (tertiary/aromatic N) is 1. The van der Waals surface area contributed by atoms with Crippen LogP contribution in [-0.2, 0) is 0 Å². The van der Waals surface area contributed by atoms with Gasteiger partial charge in [0, 0.05) is 25.3 Å². The van der Waals surface area contributed by atoms with Crippen LogP contribution in [0.4, 0.5) is 5.69 Å². The minimum atomic E-state index is 0.124. The van der Waals surface area contributed by atoms with Crippen molar-refractivity contribution >= 4 is 11.5 Å². The minimum Gasteiger partial charge on any atom is -0.396 e. The average Bonchev–Trinajstić information content (AvgIpc) is 2.77. The quantitative estimate of drug-likeness (QED) is 0.557. The molecule has 0 spiro atoms. The number of nitrogen functional groups attached to an aromatic ring is 1. The van der Waals surface area contributed by atoms with E-state index in [1.165, 1.54) is 0 Å². The summed E-state index contributed by atoms with van der Waals surface area (Å²) >= 11 is 0. The van der Waals surface area contributed by atoms with Gasteiger partial charge in [0.05, 0.1) is 5.69 Å². The molecule has 1 unspecified atom stereocenters. The first-order valence-electron chi connectivity index (χ1n) is 6.43. The lowest BCUT2D eigenvalue weighted by Gasteiger charge is -2.24. The van der Waals surface area contributed by atoms with E-state index in [1.54, 1.807) is 0 Å². The van der Waals surface area contributed by atoms with E-state index in [2.05, 4.69) is 17.9 Å². The molecule has 2 rings (SSSR count). The van der Waals surface area contributed by atoms with Crippen LogP contribution in [0.25, 0.3) is 0 Å². The highest BCUT2D eigenvalue weighted by Gasteiger charge is 2.25. The molecule has 4 nitrogen and oxygen atoms in total. The van der Waals surface area contributed by atoms with Crippen LogP contribution >= 0.6 is 0 Å². The first-order valence-corrected chi connectivity index (χ1v) is 6.43. The van der Waals surface area contributed by atoms with Gasteiger partial charge in [-0.05, 0) is 37.3 Å². The van der Waals surface area contributed by atoms with Crippen molar-refractivity contribution in [3.05, 3.63) is 29.3 Å². The SMILES string of the molecule is Cc1cccc(C(=N)N)c1N1CCC(CCO)C1. The second-order valence-electron chi connectivity index (χ2n) is 5.00. The Balaban J connectivity index is 2.26. The number of aryl methyl sites for hydroxylation is 1. The maximum Gasteiger partial charge on any atom is 0.124 e. The fraction of sp³-hybridized carbons (Fsp3) is 0.500. The van der Waals surface area contributed by atoms with Crippen LogP contribution in [-0.4, -0.2) is 30.6 Å². The van der Waals surface area contributed by atoms with E-state index in [4.69, 9.17) is 16.2 Å². The largest absolute Gasteiger partial charge is 0.396 e. The fourth-order valence-electron chi connectivity index (χ4n) is 2.75. The Kier molecular flexibility index (Phi) is 3.87. The molecule has 0 amide bonds. The molecule has 1 heterocycles. The predicted molar refractivity (Wildman–Crippen MR) is 74.2 cm³/mol. The first kappa shape index (κ1) is 12.9. The Morgan fingerprint density at radius 2 is 2.33 bits per heavy atom. The Morgan fingerprint density at radius 1 is 1.56 bits per heavy atom. The lowest BCUT2D eigenvalue weighted by atomic mass is 10.0. The summed E-state index contributed by atoms with van der Waals surface area (Å²) in [7, 11) is 0. The molecule has 4 N–H and O–H groups in total. The zero-order valence-corrected chi connectivity index (χ0v) is 10.8. The highest BCUT2D eigenvalue weighted by molar-refractivity contribution is 6.01. The lowest BCUT2D eigenvalue weighted by Crippen LogP contribution is -2.25. The first-order chi connectivity index (χ1) is 8.63. The molecule has 18 heavy (non-hydrogen) atoms. The number of benzene rings is 1. The molecule has 0 radical (unpaired) electrons. The number of aliphatic hydroxyl groups is 1. The van der Waals surface area contributed by atoms with Gasteiger partial charge in [-0.15, -0.1) is 0 Å². The number of nitrogens with two attached hydrogens (primary N) is 1. The van der Waals surface area contributed by atoms with Crippen LogP contribution in [0.1, 0.15) is 24.0 Å². The van der Waals surface area contributed by atoms with Crippen molar-refractivity contribution < 1.29 is 5.11 Å². The molecular formula is C14H21N3O. The molecule has 1 saturated heterocycles. The summed E-state index contributed by atoms with van der Waals surface area (Å²) in [5.41, 5.74) is 8.73. The third-order valence-electron chi connectivity index (χ3n) is 3.67. The van der Waals surface area contributed by atoms with Gasteiger partial charge in [-0.3, -0.25) is 5.41 Å². The Bertz CT molecular complexity index is 445. The molecule has 1 aromatic carbocycles. The Morgan fingerprint density at radius 3 is 3.00 bits per heavy atom. The van der Waals surface area contributed by atoms with E-state index in [9.17, 15) is 0 Å². The van der Waals surface area contributed by atoms with Crippen LogP contribution in [0.2, 0.25) is 0 Å². The van der Waals surface area contributed by atoms with Crippen LogP contribution < -0.4 is 10.6 Å². The highest BCUT2D eigenvalue weighted by atomic mass is 16.3. The zero-order valence-electron chi connectivity index (χ0n) is 10.8. The van der Waals surface area contributed by atoms with E-state index < -0.39 is 0 Å². The number of aliphatic hydroxyl groups excluding tert-OH is 1. The van der Waals surface area contributed by atoms with E-state index in [-0.39, 0.29) is 12.4 Å². The standard InChI is InChI=1S/C14H21N3O/c1-10-3-2-4-12(14(15)16)13(10)17-7-5-11(9-17)6-8-18/h2-4,11,18H,5-9H2,1H3,(H3,15,16). The minimum absolute atomic E-state index is 0.124. The molecule has 1 aromatic rings. The third-order valence-corrected chi connectivity index (χ3v) is 3.67. The lowest BCUT2D eigenvalue weighted by molar-refractivity contribution is 0.263. The molecule has 1 fully saturated rings. The number of hydrogen-bond acceptors (Lipinski definition) is 3. The van der Waals surface area contributed by atoms with Gasteiger partial charge in [0.15, 0.2) is 0 Å². The highest BCUT2D eigenvalue weighted by Crippen LogP contribution is 2.31. The monoisotopic (exact) mass is 247 g/mol. The van der Waals surface area contributed by atoms with Crippen molar-refractivity contribution in [2.24, 2.45) is 11.7 Å². The molecule has 1 atom stereocenters. The van der Waals surface area contributed by atoms with E-state index in [1.807, 2.05) is 12.1 Å². The van der Waals surface area contributed by atoms with Crippen molar-refractivity contribution in [1.82, 2.24) is 0 Å². The number of nitrogens with one attached hydrogen (secondary N) is 1. The molecule has 0 aliphatic carbocycles. The van der Waals surface area contributed by atoms with Gasteiger partial charge in [-0.1, -0.05) is 12.1 Å². The maximum atomic E-state index is 9.01. The second kappa shape index (κ2) is 5.40. The summed E-state index contributed by atoms with van der Waals surface area (Å²) in [6.07, 6.45) is 1.96. The predicted octanol–water partition coefficient (Wildman–Crippen LogP) is 1.49. The second-order valence-corrected chi connectivity index (χ2v) is 5.00. The van der Waals surface area contributed by atoms with Crippen LogP contribution in [0, 0.1) is 18.3 Å². The summed E-state index contributed by atoms with van der Waals surface area (Å²) in [5, 5.41) is 16.7. The maximum absolute atomic E-state index is 9.01. The molecule has 1 aliphatic heterocycles. The van der Waals surface area contributed by atoms with Gasteiger partial charge in [0.1, 0.15) is 5.84 Å². The van der Waals surface area contributed by atoms with Crippen molar-refractivity contribution in [2.45, 2.75) is 19.8 Å². The summed E-state index contributed by atoms with van der Waals surface area (Å²) in [4.78, 5) is 2.30.